The molecule has 9 heavy (non-hydrogen) atoms. The minimum absolute atomic E-state index is 0.517. The molecule has 0 heterocycles. The Labute approximate surface area is 55.6 Å². The maximum Gasteiger partial charge on any atom is 0.0598 e. The zero-order chi connectivity index (χ0) is 6.69. The Morgan fingerprint density at radius 3 is 2.78 bits per heavy atom. The molecule has 0 aromatic rings. The van der Waals surface area contributed by atoms with Gasteiger partial charge in [0.1, 0.15) is 0 Å². The molecular weight excluding hydrogens is 114 g/mol. The van der Waals surface area contributed by atoms with Crippen molar-refractivity contribution >= 4 is 5.71 Å². The van der Waals surface area contributed by atoms with Gasteiger partial charge in [0.15, 0.2) is 0 Å². The molecule has 0 aromatic carbocycles. The van der Waals surface area contributed by atoms with E-state index < -0.39 is 0 Å². The minimum Gasteiger partial charge on any atom is -0.411 e. The van der Waals surface area contributed by atoms with E-state index in [-0.39, 0.29) is 0 Å². The van der Waals surface area contributed by atoms with Crippen LogP contribution in [-0.2, 0) is 0 Å². The number of hydrogen-bond donors (Lipinski definition) is 1. The van der Waals surface area contributed by atoms with Crippen molar-refractivity contribution in [3.63, 3.8) is 0 Å². The Kier molecular flexibility index (Phi) is 2.09. The van der Waals surface area contributed by atoms with Crippen molar-refractivity contribution < 1.29 is 5.21 Å². The van der Waals surface area contributed by atoms with Crippen LogP contribution in [0.5, 0.6) is 0 Å². The van der Waals surface area contributed by atoms with Crippen LogP contribution in [0.15, 0.2) is 5.16 Å². The lowest BCUT2D eigenvalue weighted by Gasteiger charge is -2.17. The van der Waals surface area contributed by atoms with E-state index in [9.17, 15) is 0 Å². The van der Waals surface area contributed by atoms with Crippen molar-refractivity contribution in [2.45, 2.75) is 32.6 Å². The molecule has 0 amide bonds. The van der Waals surface area contributed by atoms with Crippen molar-refractivity contribution in [1.82, 2.24) is 0 Å². The zero-order valence-corrected chi connectivity index (χ0v) is 5.80. The van der Waals surface area contributed by atoms with Crippen LogP contribution in [0.4, 0.5) is 0 Å². The number of oxime groups is 1. The van der Waals surface area contributed by atoms with Crippen LogP contribution >= 0.6 is 0 Å². The van der Waals surface area contributed by atoms with E-state index in [1.54, 1.807) is 0 Å². The second-order valence-corrected chi connectivity index (χ2v) is 2.74. The maximum atomic E-state index is 8.45. The molecule has 0 bridgehead atoms. The summed E-state index contributed by atoms with van der Waals surface area (Å²) < 4.78 is 0. The molecule has 2 nitrogen and oxygen atoms in total. The summed E-state index contributed by atoms with van der Waals surface area (Å²) in [5.74, 6) is 0.517. The summed E-state index contributed by atoms with van der Waals surface area (Å²) in [7, 11) is 0. The predicted octanol–water partition coefficient (Wildman–Crippen LogP) is 2.03. The van der Waals surface area contributed by atoms with E-state index in [4.69, 9.17) is 5.21 Å². The summed E-state index contributed by atoms with van der Waals surface area (Å²) in [6.45, 7) is 2.12. The van der Waals surface area contributed by atoms with E-state index in [1.165, 1.54) is 19.3 Å². The average molecular weight is 127 g/mol. The van der Waals surface area contributed by atoms with E-state index in [0.29, 0.717) is 5.92 Å². The summed E-state index contributed by atoms with van der Waals surface area (Å²) >= 11 is 0. The van der Waals surface area contributed by atoms with Crippen LogP contribution < -0.4 is 0 Å². The Bertz CT molecular complexity index is 120. The fourth-order valence-corrected chi connectivity index (χ4v) is 1.32. The van der Waals surface area contributed by atoms with Gasteiger partial charge in [0.25, 0.3) is 0 Å². The van der Waals surface area contributed by atoms with Gasteiger partial charge in [0, 0.05) is 0 Å². The molecule has 0 radical (unpaired) electrons. The molecule has 0 aliphatic heterocycles. The van der Waals surface area contributed by atoms with Gasteiger partial charge in [-0.25, -0.2) is 0 Å². The van der Waals surface area contributed by atoms with Crippen LogP contribution in [0.3, 0.4) is 0 Å². The van der Waals surface area contributed by atoms with E-state index >= 15 is 0 Å². The van der Waals surface area contributed by atoms with Gasteiger partial charge in [-0.05, 0) is 25.2 Å². The van der Waals surface area contributed by atoms with Gasteiger partial charge < -0.3 is 5.21 Å². The SMILES string of the molecule is CC1CCCC/C1=N\O. The Morgan fingerprint density at radius 2 is 2.33 bits per heavy atom. The monoisotopic (exact) mass is 127 g/mol. The second-order valence-electron chi connectivity index (χ2n) is 2.74. The van der Waals surface area contributed by atoms with Crippen LogP contribution in [-0.4, -0.2) is 10.9 Å². The molecule has 1 atom stereocenters. The summed E-state index contributed by atoms with van der Waals surface area (Å²) in [6, 6.07) is 0. The first kappa shape index (κ1) is 6.59. The van der Waals surface area contributed by atoms with Gasteiger partial charge in [-0.2, -0.15) is 0 Å². The third-order valence-electron chi connectivity index (χ3n) is 2.02. The molecule has 1 aliphatic rings. The average Bonchev–Trinajstić information content (AvgIpc) is 1.89. The molecule has 1 fully saturated rings. The topological polar surface area (TPSA) is 32.6 Å². The maximum absolute atomic E-state index is 8.45. The number of rotatable bonds is 0. The van der Waals surface area contributed by atoms with Crippen LogP contribution in [0.1, 0.15) is 32.6 Å². The third-order valence-corrected chi connectivity index (χ3v) is 2.02. The van der Waals surface area contributed by atoms with Crippen LogP contribution in [0, 0.1) is 5.92 Å². The smallest absolute Gasteiger partial charge is 0.0598 e. The molecule has 1 saturated carbocycles. The van der Waals surface area contributed by atoms with E-state index in [2.05, 4.69) is 12.1 Å². The highest BCUT2D eigenvalue weighted by Crippen LogP contribution is 2.20. The molecule has 1 N–H and O–H groups in total. The highest BCUT2D eigenvalue weighted by Gasteiger charge is 2.15. The summed E-state index contributed by atoms with van der Waals surface area (Å²) in [5, 5.41) is 11.7. The zero-order valence-electron chi connectivity index (χ0n) is 5.80. The lowest BCUT2D eigenvalue weighted by atomic mass is 9.89. The van der Waals surface area contributed by atoms with E-state index in [1.807, 2.05) is 0 Å². The van der Waals surface area contributed by atoms with Gasteiger partial charge in [-0.15, -0.1) is 0 Å². The first-order chi connectivity index (χ1) is 4.34. The third kappa shape index (κ3) is 1.44. The van der Waals surface area contributed by atoms with Crippen molar-refractivity contribution in [3.05, 3.63) is 0 Å². The first-order valence-corrected chi connectivity index (χ1v) is 3.55. The Balaban J connectivity index is 2.49. The van der Waals surface area contributed by atoms with Crippen LogP contribution in [0.2, 0.25) is 0 Å². The lowest BCUT2D eigenvalue weighted by molar-refractivity contribution is 0.310. The van der Waals surface area contributed by atoms with Crippen molar-refractivity contribution in [3.8, 4) is 0 Å². The van der Waals surface area contributed by atoms with Gasteiger partial charge in [-0.3, -0.25) is 0 Å². The molecule has 1 unspecified atom stereocenters. The fraction of sp³-hybridized carbons (Fsp3) is 0.857. The minimum atomic E-state index is 0.517. The van der Waals surface area contributed by atoms with Crippen molar-refractivity contribution in [2.24, 2.45) is 11.1 Å². The Morgan fingerprint density at radius 1 is 1.56 bits per heavy atom. The summed E-state index contributed by atoms with van der Waals surface area (Å²) in [6.07, 6.45) is 4.68. The highest BCUT2D eigenvalue weighted by atomic mass is 16.4. The van der Waals surface area contributed by atoms with Crippen LogP contribution in [0.25, 0.3) is 0 Å². The summed E-state index contributed by atoms with van der Waals surface area (Å²) in [4.78, 5) is 0. The molecule has 0 spiro atoms. The Hall–Kier alpha value is -0.530. The molecule has 0 aromatic heterocycles. The standard InChI is InChI=1S/C7H13NO/c1-6-4-2-3-5-7(6)8-9/h6,9H,2-5H2,1H3/b8-7+. The molecule has 0 saturated heterocycles. The van der Waals surface area contributed by atoms with Gasteiger partial charge >= 0.3 is 0 Å². The van der Waals surface area contributed by atoms with Gasteiger partial charge in [-0.1, -0.05) is 18.5 Å². The van der Waals surface area contributed by atoms with Crippen molar-refractivity contribution in [1.29, 1.82) is 0 Å². The molecular formula is C7H13NO. The quantitative estimate of drug-likeness (QED) is 0.392. The molecule has 52 valence electrons. The number of nitrogens with zero attached hydrogens (tertiary/aromatic N) is 1. The van der Waals surface area contributed by atoms with Crippen molar-refractivity contribution in [2.75, 3.05) is 0 Å². The fourth-order valence-electron chi connectivity index (χ4n) is 1.32. The largest absolute Gasteiger partial charge is 0.411 e. The molecule has 1 rings (SSSR count). The second kappa shape index (κ2) is 2.85. The van der Waals surface area contributed by atoms with E-state index in [0.717, 1.165) is 12.1 Å². The number of hydrogen-bond acceptors (Lipinski definition) is 2. The molecule has 2 heteroatoms. The normalized spacial score (nSPS) is 33.0. The van der Waals surface area contributed by atoms with Gasteiger partial charge in [0.05, 0.1) is 5.71 Å². The first-order valence-electron chi connectivity index (χ1n) is 3.55. The lowest BCUT2D eigenvalue weighted by Crippen LogP contribution is -2.15. The molecule has 1 aliphatic carbocycles. The summed E-state index contributed by atoms with van der Waals surface area (Å²) in [5.41, 5.74) is 0.987. The predicted molar refractivity (Wildman–Crippen MR) is 36.9 cm³/mol. The van der Waals surface area contributed by atoms with Gasteiger partial charge in [0.2, 0.25) is 0 Å². The highest BCUT2D eigenvalue weighted by molar-refractivity contribution is 5.86.